The standard InChI is InChI=1S/C16H26N2O3/c1-10(2)14-15(19)17-13(12-3-4-12)16(20)18(14)7-5-11-6-8-21-9-11/h10-14H,3-9H2,1-2H3,(H,17,19). The summed E-state index contributed by atoms with van der Waals surface area (Å²) in [5, 5.41) is 2.96. The van der Waals surface area contributed by atoms with E-state index in [4.69, 9.17) is 4.74 Å². The number of hydrogen-bond donors (Lipinski definition) is 1. The fraction of sp³-hybridized carbons (Fsp3) is 0.875. The Morgan fingerprint density at radius 3 is 2.62 bits per heavy atom. The molecule has 0 spiro atoms. The second-order valence-corrected chi connectivity index (χ2v) is 7.06. The van der Waals surface area contributed by atoms with E-state index in [-0.39, 0.29) is 29.8 Å². The summed E-state index contributed by atoms with van der Waals surface area (Å²) in [6, 6.07) is -0.581. The van der Waals surface area contributed by atoms with Gasteiger partial charge in [-0.05, 0) is 43.4 Å². The van der Waals surface area contributed by atoms with Crippen molar-refractivity contribution < 1.29 is 14.3 Å². The van der Waals surface area contributed by atoms with Crippen LogP contribution in [0.5, 0.6) is 0 Å². The second-order valence-electron chi connectivity index (χ2n) is 7.06. The van der Waals surface area contributed by atoms with Crippen LogP contribution in [0.1, 0.15) is 39.5 Å². The lowest BCUT2D eigenvalue weighted by molar-refractivity contribution is -0.152. The third-order valence-electron chi connectivity index (χ3n) is 4.98. The van der Waals surface area contributed by atoms with E-state index in [1.54, 1.807) is 0 Å². The van der Waals surface area contributed by atoms with Crippen LogP contribution in [0.15, 0.2) is 0 Å². The summed E-state index contributed by atoms with van der Waals surface area (Å²) in [4.78, 5) is 27.0. The quantitative estimate of drug-likeness (QED) is 0.828. The van der Waals surface area contributed by atoms with E-state index < -0.39 is 0 Å². The molecular formula is C16H26N2O3. The number of carbonyl (C=O) groups excluding carboxylic acids is 2. The van der Waals surface area contributed by atoms with Crippen molar-refractivity contribution in [3.8, 4) is 0 Å². The number of nitrogens with one attached hydrogen (secondary N) is 1. The summed E-state index contributed by atoms with van der Waals surface area (Å²) in [5.41, 5.74) is 0. The van der Waals surface area contributed by atoms with Gasteiger partial charge in [-0.3, -0.25) is 9.59 Å². The zero-order valence-corrected chi connectivity index (χ0v) is 13.0. The number of piperazine rings is 1. The largest absolute Gasteiger partial charge is 0.381 e. The number of rotatable bonds is 5. The monoisotopic (exact) mass is 294 g/mol. The van der Waals surface area contributed by atoms with Crippen molar-refractivity contribution in [3.63, 3.8) is 0 Å². The van der Waals surface area contributed by atoms with Gasteiger partial charge in [0.25, 0.3) is 0 Å². The predicted octanol–water partition coefficient (Wildman–Crippen LogP) is 1.17. The lowest BCUT2D eigenvalue weighted by Gasteiger charge is -2.41. The lowest BCUT2D eigenvalue weighted by Crippen LogP contribution is -2.65. The first-order chi connectivity index (χ1) is 10.1. The van der Waals surface area contributed by atoms with Crippen molar-refractivity contribution in [2.45, 2.75) is 51.6 Å². The molecule has 118 valence electrons. The molecule has 2 amide bonds. The highest BCUT2D eigenvalue weighted by Crippen LogP contribution is 2.36. The van der Waals surface area contributed by atoms with E-state index in [1.807, 2.05) is 18.7 Å². The van der Waals surface area contributed by atoms with Crippen molar-refractivity contribution in [2.24, 2.45) is 17.8 Å². The molecular weight excluding hydrogens is 268 g/mol. The molecule has 0 radical (unpaired) electrons. The molecule has 0 bridgehead atoms. The van der Waals surface area contributed by atoms with Crippen LogP contribution in [-0.4, -0.2) is 48.6 Å². The average Bonchev–Trinajstić information content (AvgIpc) is 3.15. The SMILES string of the molecule is CC(C)C1C(=O)NC(C2CC2)C(=O)N1CCC1CCOC1. The smallest absolute Gasteiger partial charge is 0.246 e. The summed E-state index contributed by atoms with van der Waals surface area (Å²) >= 11 is 0. The highest BCUT2D eigenvalue weighted by atomic mass is 16.5. The van der Waals surface area contributed by atoms with Crippen molar-refractivity contribution in [3.05, 3.63) is 0 Å². The average molecular weight is 294 g/mol. The van der Waals surface area contributed by atoms with Gasteiger partial charge in [-0.1, -0.05) is 13.8 Å². The maximum atomic E-state index is 12.8. The van der Waals surface area contributed by atoms with Gasteiger partial charge < -0.3 is 15.0 Å². The van der Waals surface area contributed by atoms with Gasteiger partial charge in [0.15, 0.2) is 0 Å². The van der Waals surface area contributed by atoms with Crippen molar-refractivity contribution in [1.29, 1.82) is 0 Å². The Morgan fingerprint density at radius 1 is 1.29 bits per heavy atom. The summed E-state index contributed by atoms with van der Waals surface area (Å²) in [6.45, 7) is 6.34. The molecule has 3 aliphatic rings. The first-order valence-electron chi connectivity index (χ1n) is 8.26. The Bertz CT molecular complexity index is 414. The summed E-state index contributed by atoms with van der Waals surface area (Å²) in [5.74, 6) is 1.22. The number of amides is 2. The fourth-order valence-corrected chi connectivity index (χ4v) is 3.55. The molecule has 5 heteroatoms. The van der Waals surface area contributed by atoms with E-state index >= 15 is 0 Å². The molecule has 2 saturated heterocycles. The number of nitrogens with zero attached hydrogens (tertiary/aromatic N) is 1. The molecule has 2 aliphatic heterocycles. The van der Waals surface area contributed by atoms with Crippen LogP contribution in [0.2, 0.25) is 0 Å². The molecule has 3 atom stereocenters. The summed E-state index contributed by atoms with van der Waals surface area (Å²) in [6.07, 6.45) is 4.15. The van der Waals surface area contributed by atoms with Gasteiger partial charge in [-0.15, -0.1) is 0 Å². The van der Waals surface area contributed by atoms with Crippen LogP contribution in [0, 0.1) is 17.8 Å². The minimum atomic E-state index is -0.310. The van der Waals surface area contributed by atoms with Crippen molar-refractivity contribution in [1.82, 2.24) is 10.2 Å². The Morgan fingerprint density at radius 2 is 2.05 bits per heavy atom. The zero-order valence-electron chi connectivity index (χ0n) is 13.0. The van der Waals surface area contributed by atoms with E-state index in [2.05, 4.69) is 5.32 Å². The highest BCUT2D eigenvalue weighted by Gasteiger charge is 2.47. The molecule has 3 unspecified atom stereocenters. The van der Waals surface area contributed by atoms with Gasteiger partial charge in [-0.2, -0.15) is 0 Å². The number of carbonyl (C=O) groups is 2. The molecule has 3 rings (SSSR count). The van der Waals surface area contributed by atoms with Crippen molar-refractivity contribution in [2.75, 3.05) is 19.8 Å². The fourth-order valence-electron chi connectivity index (χ4n) is 3.55. The molecule has 1 saturated carbocycles. The summed E-state index contributed by atoms with van der Waals surface area (Å²) in [7, 11) is 0. The van der Waals surface area contributed by atoms with E-state index in [9.17, 15) is 9.59 Å². The Hall–Kier alpha value is -1.10. The Balaban J connectivity index is 1.69. The molecule has 1 N–H and O–H groups in total. The third-order valence-corrected chi connectivity index (χ3v) is 4.98. The van der Waals surface area contributed by atoms with Gasteiger partial charge in [0.1, 0.15) is 12.1 Å². The zero-order chi connectivity index (χ0) is 15.0. The van der Waals surface area contributed by atoms with Crippen LogP contribution in [0.25, 0.3) is 0 Å². The van der Waals surface area contributed by atoms with Gasteiger partial charge in [0, 0.05) is 19.8 Å². The van der Waals surface area contributed by atoms with Gasteiger partial charge >= 0.3 is 0 Å². The highest BCUT2D eigenvalue weighted by molar-refractivity contribution is 5.97. The van der Waals surface area contributed by atoms with Gasteiger partial charge in [0.05, 0.1) is 0 Å². The summed E-state index contributed by atoms with van der Waals surface area (Å²) < 4.78 is 5.41. The van der Waals surface area contributed by atoms with Crippen LogP contribution in [0.4, 0.5) is 0 Å². The van der Waals surface area contributed by atoms with Gasteiger partial charge in [0.2, 0.25) is 11.8 Å². The molecule has 0 aromatic rings. The van der Waals surface area contributed by atoms with E-state index in [1.165, 1.54) is 0 Å². The van der Waals surface area contributed by atoms with Crippen LogP contribution in [-0.2, 0) is 14.3 Å². The Labute approximate surface area is 126 Å². The maximum absolute atomic E-state index is 12.8. The first kappa shape index (κ1) is 14.8. The minimum Gasteiger partial charge on any atom is -0.381 e. The van der Waals surface area contributed by atoms with Crippen LogP contribution < -0.4 is 5.32 Å². The molecule has 21 heavy (non-hydrogen) atoms. The molecule has 5 nitrogen and oxygen atoms in total. The first-order valence-corrected chi connectivity index (χ1v) is 8.26. The third kappa shape index (κ3) is 3.07. The predicted molar refractivity (Wildman–Crippen MR) is 78.5 cm³/mol. The molecule has 2 heterocycles. The molecule has 3 fully saturated rings. The minimum absolute atomic E-state index is 0.0316. The molecule has 1 aliphatic carbocycles. The van der Waals surface area contributed by atoms with E-state index in [0.29, 0.717) is 18.4 Å². The topological polar surface area (TPSA) is 58.6 Å². The normalized spacial score (nSPS) is 33.7. The van der Waals surface area contributed by atoms with Gasteiger partial charge in [-0.25, -0.2) is 0 Å². The number of hydrogen-bond acceptors (Lipinski definition) is 3. The maximum Gasteiger partial charge on any atom is 0.246 e. The molecule has 0 aromatic heterocycles. The van der Waals surface area contributed by atoms with Crippen LogP contribution >= 0.6 is 0 Å². The lowest BCUT2D eigenvalue weighted by atomic mass is 9.94. The van der Waals surface area contributed by atoms with E-state index in [0.717, 1.165) is 38.9 Å². The Kier molecular flexibility index (Phi) is 4.20. The van der Waals surface area contributed by atoms with Crippen molar-refractivity contribution >= 4 is 11.8 Å². The second kappa shape index (κ2) is 5.95. The molecule has 0 aromatic carbocycles. The van der Waals surface area contributed by atoms with Crippen LogP contribution in [0.3, 0.4) is 0 Å². The number of ether oxygens (including phenoxy) is 1.